The number of carbonyl (C=O) groups excluding carboxylic acids is 2. The molecule has 1 aliphatic rings. The average Bonchev–Trinajstić information content (AvgIpc) is 3.12. The van der Waals surface area contributed by atoms with Crippen LogP contribution in [0, 0.1) is 0 Å². The molecule has 126 valence electrons. The maximum absolute atomic E-state index is 12.6. The number of halogens is 2. The highest BCUT2D eigenvalue weighted by Gasteiger charge is 2.26. The van der Waals surface area contributed by atoms with Gasteiger partial charge < -0.3 is 10.2 Å². The van der Waals surface area contributed by atoms with E-state index < -0.39 is 0 Å². The van der Waals surface area contributed by atoms with Gasteiger partial charge >= 0.3 is 0 Å². The zero-order valence-corrected chi connectivity index (χ0v) is 16.0. The summed E-state index contributed by atoms with van der Waals surface area (Å²) in [5, 5.41) is 7.22. The van der Waals surface area contributed by atoms with Crippen LogP contribution < -0.4 is 5.32 Å². The molecule has 7 heteroatoms. The van der Waals surface area contributed by atoms with E-state index in [0.29, 0.717) is 29.2 Å². The zero-order valence-electron chi connectivity index (χ0n) is 12.8. The number of piperidine rings is 1. The fourth-order valence-corrected chi connectivity index (χ4v) is 3.92. The third kappa shape index (κ3) is 3.99. The Kier molecular flexibility index (Phi) is 5.58. The number of nitrogens with one attached hydrogen (secondary N) is 1. The molecule has 0 aliphatic carbocycles. The molecular formula is C17H16BrClN2O2S. The number of benzene rings is 1. The predicted octanol–water partition coefficient (Wildman–Crippen LogP) is 4.20. The second-order valence-electron chi connectivity index (χ2n) is 5.68. The lowest BCUT2D eigenvalue weighted by molar-refractivity contribution is 0.0698. The van der Waals surface area contributed by atoms with Gasteiger partial charge in [-0.3, -0.25) is 9.59 Å². The van der Waals surface area contributed by atoms with Gasteiger partial charge in [0.05, 0.1) is 10.6 Å². The highest BCUT2D eigenvalue weighted by Crippen LogP contribution is 2.24. The van der Waals surface area contributed by atoms with Gasteiger partial charge in [0.25, 0.3) is 11.8 Å². The number of carbonyl (C=O) groups is 2. The van der Waals surface area contributed by atoms with E-state index in [1.165, 1.54) is 11.3 Å². The van der Waals surface area contributed by atoms with Crippen molar-refractivity contribution in [1.82, 2.24) is 10.2 Å². The number of amides is 2. The van der Waals surface area contributed by atoms with Crippen LogP contribution in [0.2, 0.25) is 5.02 Å². The van der Waals surface area contributed by atoms with Crippen LogP contribution in [0.5, 0.6) is 0 Å². The van der Waals surface area contributed by atoms with Crippen molar-refractivity contribution in [1.29, 1.82) is 0 Å². The first-order valence-electron chi connectivity index (χ1n) is 7.62. The predicted molar refractivity (Wildman–Crippen MR) is 99.9 cm³/mol. The molecule has 1 aliphatic heterocycles. The Morgan fingerprint density at radius 1 is 1.25 bits per heavy atom. The molecule has 4 nitrogen and oxygen atoms in total. The Balaban J connectivity index is 1.57. The minimum atomic E-state index is -0.0658. The van der Waals surface area contributed by atoms with E-state index in [1.807, 2.05) is 22.9 Å². The van der Waals surface area contributed by atoms with Gasteiger partial charge in [0, 0.05) is 34.5 Å². The lowest BCUT2D eigenvalue weighted by atomic mass is 10.0. The van der Waals surface area contributed by atoms with Crippen molar-refractivity contribution in [2.24, 2.45) is 0 Å². The molecule has 2 heterocycles. The molecule has 1 aromatic carbocycles. The second-order valence-corrected chi connectivity index (χ2v) is 7.78. The number of hydrogen-bond donors (Lipinski definition) is 1. The summed E-state index contributed by atoms with van der Waals surface area (Å²) in [6.45, 7) is 1.21. The minimum absolute atomic E-state index is 0.0453. The van der Waals surface area contributed by atoms with Crippen molar-refractivity contribution >= 4 is 50.7 Å². The SMILES string of the molecule is O=C(NC1CCN(C(=O)c2cc(Br)ccc2Cl)CC1)c1ccsc1. The number of likely N-dealkylation sites (tertiary alicyclic amines) is 1. The molecule has 0 radical (unpaired) electrons. The van der Waals surface area contributed by atoms with E-state index in [2.05, 4.69) is 21.2 Å². The molecule has 0 spiro atoms. The number of thiophene rings is 1. The van der Waals surface area contributed by atoms with Crippen LogP contribution in [0.3, 0.4) is 0 Å². The fraction of sp³-hybridized carbons (Fsp3) is 0.294. The van der Waals surface area contributed by atoms with E-state index >= 15 is 0 Å². The largest absolute Gasteiger partial charge is 0.349 e. The summed E-state index contributed by atoms with van der Waals surface area (Å²) in [5.74, 6) is -0.111. The smallest absolute Gasteiger partial charge is 0.255 e. The third-order valence-electron chi connectivity index (χ3n) is 4.06. The first-order valence-corrected chi connectivity index (χ1v) is 9.73. The summed E-state index contributed by atoms with van der Waals surface area (Å²) >= 11 is 11.0. The Bertz CT molecular complexity index is 743. The summed E-state index contributed by atoms with van der Waals surface area (Å²) in [7, 11) is 0. The molecular weight excluding hydrogens is 412 g/mol. The quantitative estimate of drug-likeness (QED) is 0.798. The van der Waals surface area contributed by atoms with Crippen molar-refractivity contribution in [3.8, 4) is 0 Å². The fourth-order valence-electron chi connectivity index (χ4n) is 2.72. The molecule has 3 rings (SSSR count). The lowest BCUT2D eigenvalue weighted by Gasteiger charge is -2.32. The molecule has 2 amide bonds. The number of rotatable bonds is 3. The van der Waals surface area contributed by atoms with Crippen LogP contribution in [0.15, 0.2) is 39.5 Å². The highest BCUT2D eigenvalue weighted by molar-refractivity contribution is 9.10. The topological polar surface area (TPSA) is 49.4 Å². The summed E-state index contributed by atoms with van der Waals surface area (Å²) in [5.41, 5.74) is 1.20. The summed E-state index contributed by atoms with van der Waals surface area (Å²) in [4.78, 5) is 26.5. The van der Waals surface area contributed by atoms with Crippen LogP contribution >= 0.6 is 38.9 Å². The van der Waals surface area contributed by atoms with Gasteiger partial charge in [-0.05, 0) is 42.5 Å². The van der Waals surface area contributed by atoms with Crippen LogP contribution in [0.4, 0.5) is 0 Å². The zero-order chi connectivity index (χ0) is 17.1. The van der Waals surface area contributed by atoms with Crippen molar-refractivity contribution in [3.05, 3.63) is 55.6 Å². The van der Waals surface area contributed by atoms with Gasteiger partial charge in [0.15, 0.2) is 0 Å². The summed E-state index contributed by atoms with van der Waals surface area (Å²) < 4.78 is 0.827. The van der Waals surface area contributed by atoms with Crippen molar-refractivity contribution in [3.63, 3.8) is 0 Å². The Morgan fingerprint density at radius 3 is 2.67 bits per heavy atom. The second kappa shape index (κ2) is 7.68. The van der Waals surface area contributed by atoms with Crippen LogP contribution in [-0.4, -0.2) is 35.8 Å². The van der Waals surface area contributed by atoms with Gasteiger partial charge in [-0.2, -0.15) is 11.3 Å². The Labute approximate surface area is 157 Å². The Morgan fingerprint density at radius 2 is 2.00 bits per heavy atom. The summed E-state index contributed by atoms with van der Waals surface area (Å²) in [6.07, 6.45) is 1.49. The monoisotopic (exact) mass is 426 g/mol. The van der Waals surface area contributed by atoms with E-state index in [-0.39, 0.29) is 17.9 Å². The standard InChI is InChI=1S/C17H16BrClN2O2S/c18-12-1-2-15(19)14(9-12)17(23)21-6-3-13(4-7-21)20-16(22)11-5-8-24-10-11/h1-2,5,8-10,13H,3-4,6-7H2,(H,20,22). The first kappa shape index (κ1) is 17.5. The number of hydrogen-bond acceptors (Lipinski definition) is 3. The Hall–Kier alpha value is -1.37. The third-order valence-corrected chi connectivity index (χ3v) is 5.57. The molecule has 0 unspecified atom stereocenters. The van der Waals surface area contributed by atoms with Crippen molar-refractivity contribution in [2.45, 2.75) is 18.9 Å². The van der Waals surface area contributed by atoms with Crippen molar-refractivity contribution in [2.75, 3.05) is 13.1 Å². The summed E-state index contributed by atoms with van der Waals surface area (Å²) in [6, 6.07) is 7.18. The molecule has 0 atom stereocenters. The van der Waals surface area contributed by atoms with Crippen LogP contribution in [-0.2, 0) is 0 Å². The molecule has 0 saturated carbocycles. The molecule has 2 aromatic rings. The maximum atomic E-state index is 12.6. The molecule has 1 fully saturated rings. The lowest BCUT2D eigenvalue weighted by Crippen LogP contribution is -2.46. The van der Waals surface area contributed by atoms with Gasteiger partial charge in [0.2, 0.25) is 0 Å². The van der Waals surface area contributed by atoms with Gasteiger partial charge in [-0.15, -0.1) is 0 Å². The van der Waals surface area contributed by atoms with Gasteiger partial charge in [-0.25, -0.2) is 0 Å². The van der Waals surface area contributed by atoms with E-state index in [0.717, 1.165) is 17.3 Å². The molecule has 24 heavy (non-hydrogen) atoms. The first-order chi connectivity index (χ1) is 11.5. The van der Waals surface area contributed by atoms with Gasteiger partial charge in [-0.1, -0.05) is 27.5 Å². The van der Waals surface area contributed by atoms with Crippen LogP contribution in [0.25, 0.3) is 0 Å². The normalized spacial score (nSPS) is 15.3. The van der Waals surface area contributed by atoms with E-state index in [1.54, 1.807) is 17.0 Å². The molecule has 0 bridgehead atoms. The highest BCUT2D eigenvalue weighted by atomic mass is 79.9. The van der Waals surface area contributed by atoms with E-state index in [9.17, 15) is 9.59 Å². The van der Waals surface area contributed by atoms with Crippen LogP contribution in [0.1, 0.15) is 33.6 Å². The van der Waals surface area contributed by atoms with Gasteiger partial charge in [0.1, 0.15) is 0 Å². The molecule has 1 saturated heterocycles. The maximum Gasteiger partial charge on any atom is 0.255 e. The average molecular weight is 428 g/mol. The van der Waals surface area contributed by atoms with Crippen molar-refractivity contribution < 1.29 is 9.59 Å². The molecule has 1 N–H and O–H groups in total. The minimum Gasteiger partial charge on any atom is -0.349 e. The number of nitrogens with zero attached hydrogens (tertiary/aromatic N) is 1. The van der Waals surface area contributed by atoms with E-state index in [4.69, 9.17) is 11.6 Å². The molecule has 1 aromatic heterocycles.